The average Bonchev–Trinajstić information content (AvgIpc) is 3.35. The number of nitrogens with one attached hydrogen (secondary N) is 1. The van der Waals surface area contributed by atoms with Gasteiger partial charge in [-0.25, -0.2) is 4.79 Å². The molecule has 2 aliphatic heterocycles. The van der Waals surface area contributed by atoms with Crippen molar-refractivity contribution in [3.8, 4) is 0 Å². The number of nitrogens with zero attached hydrogens (tertiary/aromatic N) is 2. The lowest BCUT2D eigenvalue weighted by Crippen LogP contribution is -2.47. The van der Waals surface area contributed by atoms with Crippen molar-refractivity contribution in [2.75, 3.05) is 29.4 Å². The summed E-state index contributed by atoms with van der Waals surface area (Å²) in [6.45, 7) is 6.09. The van der Waals surface area contributed by atoms with E-state index in [9.17, 15) is 19.5 Å². The van der Waals surface area contributed by atoms with E-state index in [-0.39, 0.29) is 30.7 Å². The van der Waals surface area contributed by atoms with Crippen LogP contribution in [0.15, 0.2) is 24.3 Å². The second kappa shape index (κ2) is 8.63. The molecule has 2 fully saturated rings. The van der Waals surface area contributed by atoms with E-state index >= 15 is 0 Å². The van der Waals surface area contributed by atoms with Crippen LogP contribution < -0.4 is 15.1 Å². The fourth-order valence-electron chi connectivity index (χ4n) is 3.91. The van der Waals surface area contributed by atoms with Gasteiger partial charge in [0, 0.05) is 37.4 Å². The Labute approximate surface area is 165 Å². The highest BCUT2D eigenvalue weighted by Gasteiger charge is 2.37. The molecule has 0 bridgehead atoms. The number of hydrogen-bond donors (Lipinski definition) is 2. The summed E-state index contributed by atoms with van der Waals surface area (Å²) < 4.78 is 0. The lowest BCUT2D eigenvalue weighted by Gasteiger charge is -2.22. The lowest BCUT2D eigenvalue weighted by atomic mass is 9.98. The molecule has 152 valence electrons. The standard InChI is InChI=1S/C21H29N3O4/c1-3-14(2)19(21(27)28)22-20(26)15-12-18(25)24(13-15)17-8-6-16(7-9-17)23-10-4-5-11-23/h6-9,14-15,19H,3-5,10-13H2,1-2H3,(H,22,26)(H,27,28). The molecular formula is C21H29N3O4. The maximum atomic E-state index is 12.6. The third-order valence-electron chi connectivity index (χ3n) is 5.91. The zero-order valence-electron chi connectivity index (χ0n) is 16.6. The van der Waals surface area contributed by atoms with Gasteiger partial charge in [0.05, 0.1) is 5.92 Å². The van der Waals surface area contributed by atoms with Crippen LogP contribution in [0.1, 0.15) is 39.5 Å². The minimum Gasteiger partial charge on any atom is -0.480 e. The normalized spacial score (nSPS) is 21.6. The maximum Gasteiger partial charge on any atom is 0.326 e. The molecule has 0 radical (unpaired) electrons. The monoisotopic (exact) mass is 387 g/mol. The topological polar surface area (TPSA) is 90.0 Å². The Balaban J connectivity index is 1.64. The van der Waals surface area contributed by atoms with Crippen LogP contribution >= 0.6 is 0 Å². The van der Waals surface area contributed by atoms with Crippen molar-refractivity contribution in [2.45, 2.75) is 45.6 Å². The van der Waals surface area contributed by atoms with Crippen molar-refractivity contribution in [3.63, 3.8) is 0 Å². The minimum atomic E-state index is -1.04. The van der Waals surface area contributed by atoms with Crippen LogP contribution in [0, 0.1) is 11.8 Å². The Hall–Kier alpha value is -2.57. The van der Waals surface area contributed by atoms with Gasteiger partial charge in [-0.2, -0.15) is 0 Å². The van der Waals surface area contributed by atoms with E-state index in [2.05, 4.69) is 10.2 Å². The summed E-state index contributed by atoms with van der Waals surface area (Å²) >= 11 is 0. The quantitative estimate of drug-likeness (QED) is 0.749. The molecule has 7 nitrogen and oxygen atoms in total. The summed E-state index contributed by atoms with van der Waals surface area (Å²) in [7, 11) is 0. The molecule has 7 heteroatoms. The van der Waals surface area contributed by atoms with Crippen LogP contribution in [-0.2, 0) is 14.4 Å². The van der Waals surface area contributed by atoms with E-state index in [1.54, 1.807) is 11.8 Å². The van der Waals surface area contributed by atoms with E-state index in [1.165, 1.54) is 12.8 Å². The number of carbonyl (C=O) groups excluding carboxylic acids is 2. The van der Waals surface area contributed by atoms with Gasteiger partial charge in [0.25, 0.3) is 0 Å². The zero-order chi connectivity index (χ0) is 20.3. The van der Waals surface area contributed by atoms with E-state index in [4.69, 9.17) is 0 Å². The molecule has 1 aromatic rings. The number of anilines is 2. The van der Waals surface area contributed by atoms with E-state index in [0.717, 1.165) is 24.5 Å². The van der Waals surface area contributed by atoms with Crippen LogP contribution in [0.5, 0.6) is 0 Å². The van der Waals surface area contributed by atoms with Crippen LogP contribution in [0.4, 0.5) is 11.4 Å². The number of hydrogen-bond acceptors (Lipinski definition) is 4. The molecule has 3 atom stereocenters. The van der Waals surface area contributed by atoms with Gasteiger partial charge in [-0.3, -0.25) is 9.59 Å². The lowest BCUT2D eigenvalue weighted by molar-refractivity contribution is -0.143. The molecule has 0 spiro atoms. The van der Waals surface area contributed by atoms with E-state index in [0.29, 0.717) is 6.42 Å². The largest absolute Gasteiger partial charge is 0.480 e. The smallest absolute Gasteiger partial charge is 0.326 e. The summed E-state index contributed by atoms with van der Waals surface area (Å²) in [4.78, 5) is 40.4. The molecule has 28 heavy (non-hydrogen) atoms. The summed E-state index contributed by atoms with van der Waals surface area (Å²) in [6.07, 6.45) is 3.16. The van der Waals surface area contributed by atoms with Crippen molar-refractivity contribution >= 4 is 29.2 Å². The van der Waals surface area contributed by atoms with Crippen LogP contribution in [0.3, 0.4) is 0 Å². The van der Waals surface area contributed by atoms with E-state index in [1.807, 2.05) is 31.2 Å². The molecule has 0 aliphatic carbocycles. The molecular weight excluding hydrogens is 358 g/mol. The fraction of sp³-hybridized carbons (Fsp3) is 0.571. The Morgan fingerprint density at radius 1 is 1.18 bits per heavy atom. The third-order valence-corrected chi connectivity index (χ3v) is 5.91. The minimum absolute atomic E-state index is 0.104. The van der Waals surface area contributed by atoms with Gasteiger partial charge in [0.1, 0.15) is 6.04 Å². The number of benzene rings is 1. The van der Waals surface area contributed by atoms with Crippen molar-refractivity contribution in [1.82, 2.24) is 5.32 Å². The number of carboxylic acid groups (broad SMARTS) is 1. The zero-order valence-corrected chi connectivity index (χ0v) is 16.6. The van der Waals surface area contributed by atoms with Gasteiger partial charge in [-0.05, 0) is 43.0 Å². The van der Waals surface area contributed by atoms with Crippen molar-refractivity contribution in [3.05, 3.63) is 24.3 Å². The number of amides is 2. The number of carbonyl (C=O) groups is 3. The van der Waals surface area contributed by atoms with Crippen molar-refractivity contribution < 1.29 is 19.5 Å². The highest BCUT2D eigenvalue weighted by atomic mass is 16.4. The molecule has 2 saturated heterocycles. The first-order valence-corrected chi connectivity index (χ1v) is 10.1. The third kappa shape index (κ3) is 4.29. The Morgan fingerprint density at radius 3 is 2.36 bits per heavy atom. The number of carboxylic acids is 1. The predicted molar refractivity (Wildman–Crippen MR) is 107 cm³/mol. The summed E-state index contributed by atoms with van der Waals surface area (Å²) in [5.41, 5.74) is 1.93. The first-order valence-electron chi connectivity index (χ1n) is 10.1. The van der Waals surface area contributed by atoms with Gasteiger partial charge >= 0.3 is 5.97 Å². The molecule has 1 aromatic carbocycles. The van der Waals surface area contributed by atoms with Gasteiger partial charge in [-0.1, -0.05) is 20.3 Å². The van der Waals surface area contributed by atoms with Gasteiger partial charge in [0.15, 0.2) is 0 Å². The second-order valence-corrected chi connectivity index (χ2v) is 7.83. The van der Waals surface area contributed by atoms with Crippen LogP contribution in [0.25, 0.3) is 0 Å². The van der Waals surface area contributed by atoms with Gasteiger partial charge in [-0.15, -0.1) is 0 Å². The summed E-state index contributed by atoms with van der Waals surface area (Å²) in [5.74, 6) is -2.22. The van der Waals surface area contributed by atoms with Gasteiger partial charge < -0.3 is 20.2 Å². The number of aliphatic carboxylic acids is 1. The molecule has 3 unspecified atom stereocenters. The molecule has 2 heterocycles. The Bertz CT molecular complexity index is 728. The Morgan fingerprint density at radius 2 is 1.79 bits per heavy atom. The van der Waals surface area contributed by atoms with Gasteiger partial charge in [0.2, 0.25) is 11.8 Å². The molecule has 2 N–H and O–H groups in total. The second-order valence-electron chi connectivity index (χ2n) is 7.83. The van der Waals surface area contributed by atoms with Crippen molar-refractivity contribution in [1.29, 1.82) is 0 Å². The molecule has 0 aromatic heterocycles. The van der Waals surface area contributed by atoms with E-state index < -0.39 is 17.9 Å². The first kappa shape index (κ1) is 20.2. The summed E-state index contributed by atoms with van der Waals surface area (Å²) in [6, 6.07) is 6.95. The Kier molecular flexibility index (Phi) is 6.21. The fourth-order valence-corrected chi connectivity index (χ4v) is 3.91. The molecule has 2 aliphatic rings. The maximum absolute atomic E-state index is 12.6. The van der Waals surface area contributed by atoms with Crippen LogP contribution in [0.2, 0.25) is 0 Å². The highest BCUT2D eigenvalue weighted by Crippen LogP contribution is 2.28. The van der Waals surface area contributed by atoms with Crippen molar-refractivity contribution in [2.24, 2.45) is 11.8 Å². The van der Waals surface area contributed by atoms with Crippen LogP contribution in [-0.4, -0.2) is 48.6 Å². The summed E-state index contributed by atoms with van der Waals surface area (Å²) in [5, 5.41) is 12.0. The molecule has 0 saturated carbocycles. The SMILES string of the molecule is CCC(C)C(NC(=O)C1CC(=O)N(c2ccc(N3CCCC3)cc2)C1)C(=O)O. The number of rotatable bonds is 7. The molecule has 2 amide bonds. The highest BCUT2D eigenvalue weighted by molar-refractivity contribution is 6.01. The predicted octanol–water partition coefficient (Wildman–Crippen LogP) is 2.26. The molecule has 3 rings (SSSR count). The first-order chi connectivity index (χ1) is 13.4. The average molecular weight is 387 g/mol.